The molecule has 20 atom stereocenters. The maximum atomic E-state index is 12.9. The van der Waals surface area contributed by atoms with Crippen molar-refractivity contribution < 1.29 is 190 Å². The van der Waals surface area contributed by atoms with Gasteiger partial charge >= 0.3 is 85.3 Å². The van der Waals surface area contributed by atoms with Crippen molar-refractivity contribution in [3.8, 4) is 0 Å². The van der Waals surface area contributed by atoms with Gasteiger partial charge < -0.3 is 119 Å². The highest BCUT2D eigenvalue weighted by Crippen LogP contribution is 2.61. The van der Waals surface area contributed by atoms with Crippen molar-refractivity contribution in [2.24, 2.45) is 0 Å². The van der Waals surface area contributed by atoms with Gasteiger partial charge in [-0.15, -0.1) is 0 Å². The normalized spacial score (nSPS) is 24.8. The largest absolute Gasteiger partial charge is 0.481 e. The van der Waals surface area contributed by atoms with E-state index in [9.17, 15) is 135 Å². The summed E-state index contributed by atoms with van der Waals surface area (Å²) in [5, 5.41) is 82.7. The van der Waals surface area contributed by atoms with Crippen molar-refractivity contribution in [3.63, 3.8) is 0 Å². The van der Waals surface area contributed by atoms with Crippen molar-refractivity contribution in [3.05, 3.63) is 273 Å². The lowest BCUT2D eigenvalue weighted by molar-refractivity contribution is -0.0548. The van der Waals surface area contributed by atoms with Crippen LogP contribution in [-0.4, -0.2) is 236 Å². The third kappa shape index (κ3) is 31.7. The number of aliphatic hydroxyl groups is 8. The molecule has 4 saturated heterocycles. The summed E-state index contributed by atoms with van der Waals surface area (Å²) in [6.07, 6.45) is -19.9. The van der Waals surface area contributed by atoms with Crippen LogP contribution in [0, 0.1) is 20.8 Å². The maximum Gasteiger partial charge on any atom is 0.481 e. The van der Waals surface area contributed by atoms with Gasteiger partial charge in [0.25, 0.3) is 22.2 Å². The van der Waals surface area contributed by atoms with Gasteiger partial charge in [-0.25, -0.2) is 55.7 Å². The second-order valence-corrected chi connectivity index (χ2v) is 41.7. The van der Waals surface area contributed by atoms with Gasteiger partial charge in [0, 0.05) is 80.3 Å². The molecule has 65 heteroatoms. The molecule has 8 unspecified atom stereocenters. The van der Waals surface area contributed by atoms with Crippen LogP contribution in [0.2, 0.25) is 5.02 Å². The minimum absolute atomic E-state index is 0.0346. The van der Waals surface area contributed by atoms with Crippen molar-refractivity contribution in [2.75, 3.05) is 26.4 Å². The quantitative estimate of drug-likeness (QED) is 0.0188. The number of benzene rings is 4. The van der Waals surface area contributed by atoms with E-state index in [4.69, 9.17) is 69.7 Å². The van der Waals surface area contributed by atoms with Crippen LogP contribution in [0.3, 0.4) is 0 Å². The van der Waals surface area contributed by atoms with Gasteiger partial charge in [-0.2, -0.15) is 17.2 Å². The van der Waals surface area contributed by atoms with Crippen LogP contribution in [-0.2, 0) is 143 Å². The third-order valence-electron chi connectivity index (χ3n) is 20.2. The van der Waals surface area contributed by atoms with Gasteiger partial charge in [0.05, 0.1) is 26.4 Å². The Kier molecular flexibility index (Phi) is 38.6. The summed E-state index contributed by atoms with van der Waals surface area (Å²) in [4.78, 5) is 207. The van der Waals surface area contributed by atoms with Gasteiger partial charge in [0.2, 0.25) is 0 Å². The summed E-state index contributed by atoms with van der Waals surface area (Å²) >= 11 is 6.10. The molecule has 56 nitrogen and oxygen atoms in total. The first kappa shape index (κ1) is 112. The lowest BCUT2D eigenvalue weighted by atomic mass is 10.1. The predicted octanol–water partition coefficient (Wildman–Crippen LogP) is -2.03. The number of aromatic nitrogens is 8. The number of rotatable bonds is 36. The third-order valence-corrected chi connectivity index (χ3v) is 29.1. The van der Waals surface area contributed by atoms with Crippen molar-refractivity contribution in [1.82, 2.24) is 36.5 Å². The van der Waals surface area contributed by atoms with E-state index < -0.39 is 232 Å². The van der Waals surface area contributed by atoms with E-state index in [1.165, 1.54) is 0 Å². The average Bonchev–Trinajstić information content (AvgIpc) is 1.69. The topological polar surface area (TPSA) is 828 Å². The van der Waals surface area contributed by atoms with E-state index in [2.05, 4.69) is 35.3 Å². The zero-order valence-electron chi connectivity index (χ0n) is 70.5. The number of nitrogens with zero attached hydrogens (tertiary/aromatic N) is 8. The molecule has 136 heavy (non-hydrogen) atoms. The molecule has 8 heterocycles. The van der Waals surface area contributed by atoms with Gasteiger partial charge in [0.1, 0.15) is 73.2 Å². The Labute approximate surface area is 768 Å². The fourth-order valence-corrected chi connectivity index (χ4v) is 20.2. The monoisotopic (exact) mass is 2110 g/mol. The standard InChI is InChI=1S/3C18H24N2O12P2.C17H21ClN2O12P2/c1-11-2-4-12(5-3-11)6-8-19-14(21)7-9-20(18(19)24)17-16(23)15(22)13(31-17)10-30-34(28,29)32-33(25,26)27;1-11-3-2-4-12(9-11)5-7-19-14(21)6-8-20(18(19)24)17-16(23)15(22)13(31-17)10-30-34(28,29)32-33(25,26)27;1-11-4-2-3-5-12(11)6-8-19-14(21)7-9-20(18(19)24)17-16(23)15(22)13(31-17)10-30-34(28,29)32-33(25,26)27;18-11-4-2-1-3-10(11)5-7-19-13(21)6-8-20(17(19)24)16-15(23)14(22)12(31-16)9-30-34(28,29)32-33(25,26)27/h2-5,7,9,13,15-17,22-23H,6,8,10H2,1H3,(H,28,29)(H2,25,26,27);2-4,6,8-9,13,15-17,22-23H,5,7,10H2,1H3,(H,28,29)(H2,25,26,27);2-5,7,9,13,15-17,22-23H,6,8,10H2,1H3,(H,28,29)(H2,25,26,27);1-4,6,8,12,14-16,22-23H,5,7,9H2,(H,28,29)(H2,25,26,27)/t3*13-,15+,16?,17-;12-,14+,15?,16-/m1111/s1. The van der Waals surface area contributed by atoms with E-state index >= 15 is 0 Å². The molecular formula is C71H93ClN8O48P8. The summed E-state index contributed by atoms with van der Waals surface area (Å²) in [5.41, 5.74) is 0.748. The highest BCUT2D eigenvalue weighted by Gasteiger charge is 2.51. The Hall–Kier alpha value is -7.55. The molecule has 0 radical (unpaired) electrons. The van der Waals surface area contributed by atoms with Crippen LogP contribution < -0.4 is 45.0 Å². The van der Waals surface area contributed by atoms with Crippen LogP contribution >= 0.6 is 74.2 Å². The first-order valence-electron chi connectivity index (χ1n) is 39.3. The number of phosphoric ester groups is 4. The van der Waals surface area contributed by atoms with Crippen molar-refractivity contribution in [1.29, 1.82) is 0 Å². The summed E-state index contributed by atoms with van der Waals surface area (Å²) in [6, 6.07) is 33.6. The molecule has 4 aliphatic rings. The molecule has 8 aromatic rings. The highest BCUT2D eigenvalue weighted by atomic mass is 35.5. The molecule has 4 aliphatic heterocycles. The second kappa shape index (κ2) is 46.9. The lowest BCUT2D eigenvalue weighted by Crippen LogP contribution is -2.43. The number of aliphatic hydroxyl groups excluding tert-OH is 8. The Bertz CT molecular complexity index is 6280. The molecule has 0 bridgehead atoms. The zero-order valence-corrected chi connectivity index (χ0v) is 78.4. The maximum absolute atomic E-state index is 12.9. The van der Waals surface area contributed by atoms with E-state index in [0.717, 1.165) is 119 Å². The summed E-state index contributed by atoms with van der Waals surface area (Å²) < 4.78 is 150. The zero-order chi connectivity index (χ0) is 101. The average molecular weight is 2110 g/mol. The Morgan fingerprint density at radius 2 is 0.581 bits per heavy atom. The summed E-state index contributed by atoms with van der Waals surface area (Å²) in [7, 11) is -42.3. The second-order valence-electron chi connectivity index (χ2n) is 30.0. The van der Waals surface area contributed by atoms with Crippen LogP contribution in [0.4, 0.5) is 0 Å². The van der Waals surface area contributed by atoms with Gasteiger partial charge in [-0.05, 0) is 80.3 Å². The summed E-state index contributed by atoms with van der Waals surface area (Å²) in [6.45, 7) is 2.12. The molecule has 20 N–H and O–H groups in total. The van der Waals surface area contributed by atoms with Crippen molar-refractivity contribution in [2.45, 2.75) is 171 Å². The number of hydrogen-bond donors (Lipinski definition) is 20. The van der Waals surface area contributed by atoms with Crippen LogP contribution in [0.1, 0.15) is 63.9 Å². The van der Waals surface area contributed by atoms with Crippen LogP contribution in [0.15, 0.2) is 184 Å². The molecule has 12 rings (SSSR count). The number of aryl methyl sites for hydroxylation is 7. The number of halogens is 1. The lowest BCUT2D eigenvalue weighted by Gasteiger charge is -2.19. The molecule has 4 fully saturated rings. The number of phosphoric acid groups is 8. The van der Waals surface area contributed by atoms with Gasteiger partial charge in [-0.3, -0.25) is 73.8 Å². The van der Waals surface area contributed by atoms with E-state index in [0.29, 0.717) is 29.8 Å². The first-order valence-corrected chi connectivity index (χ1v) is 51.8. The Morgan fingerprint density at radius 3 is 0.868 bits per heavy atom. The number of hydrogen-bond acceptors (Lipinski definition) is 36. The molecule has 0 aliphatic carbocycles. The number of ether oxygens (including phenoxy) is 4. The summed E-state index contributed by atoms with van der Waals surface area (Å²) in [5.74, 6) is 0. The molecule has 0 spiro atoms. The SMILES string of the molecule is Cc1ccc(CCn2c(=O)ccn([C@@H]3O[C@H](COP(=O)(O)OP(=O)(O)O)[C@H](O)C3O)c2=O)cc1.Cc1cccc(CCn2c(=O)ccn([C@@H]3O[C@H](COP(=O)(O)OP(=O)(O)O)[C@H](O)C3O)c2=O)c1.Cc1ccccc1CCn1c(=O)ccn([C@@H]2O[C@H](COP(=O)(O)OP(=O)(O)O)[C@H](O)C2O)c1=O.O=c1ccn([C@@H]2O[C@H](COP(=O)(O)OP(=O)(O)O)[C@H](O)C2O)c(=O)n1CCc1ccccc1Cl. The Balaban J connectivity index is 0.000000203. The molecule has 0 saturated carbocycles. The fraction of sp³-hybridized carbons (Fsp3) is 0.437. The smallest absolute Gasteiger partial charge is 0.387 e. The molecule has 4 aromatic heterocycles. The highest BCUT2D eigenvalue weighted by molar-refractivity contribution is 7.62. The molecule has 0 amide bonds. The Morgan fingerprint density at radius 1 is 0.309 bits per heavy atom. The minimum Gasteiger partial charge on any atom is -0.387 e. The fourth-order valence-electron chi connectivity index (χ4n) is 13.6. The van der Waals surface area contributed by atoms with E-state index in [1.807, 2.05) is 93.6 Å². The van der Waals surface area contributed by atoms with E-state index in [-0.39, 0.29) is 32.6 Å². The van der Waals surface area contributed by atoms with Crippen molar-refractivity contribution >= 4 is 74.2 Å². The van der Waals surface area contributed by atoms with Gasteiger partial charge in [0.15, 0.2) is 24.9 Å². The van der Waals surface area contributed by atoms with E-state index in [1.54, 1.807) is 24.3 Å². The first-order chi connectivity index (χ1) is 63.1. The molecular weight excluding hydrogens is 2020 g/mol. The van der Waals surface area contributed by atoms with Crippen LogP contribution in [0.5, 0.6) is 0 Å². The van der Waals surface area contributed by atoms with Crippen LogP contribution in [0.25, 0.3) is 0 Å². The molecule has 752 valence electrons. The molecule has 4 aromatic carbocycles. The minimum atomic E-state index is -5.36. The predicted molar refractivity (Wildman–Crippen MR) is 459 cm³/mol. The van der Waals surface area contributed by atoms with Gasteiger partial charge in [-0.1, -0.05) is 114 Å².